The van der Waals surface area contributed by atoms with Crippen LogP contribution in [-0.4, -0.2) is 75.3 Å². The number of hydrogen-bond donors (Lipinski definition) is 2. The lowest BCUT2D eigenvalue weighted by Gasteiger charge is -2.23. The van der Waals surface area contributed by atoms with Gasteiger partial charge in [-0.2, -0.15) is 0 Å². The van der Waals surface area contributed by atoms with Crippen LogP contribution in [-0.2, 0) is 18.9 Å². The van der Waals surface area contributed by atoms with Crippen molar-refractivity contribution in [2.75, 3.05) is 52.9 Å². The summed E-state index contributed by atoms with van der Waals surface area (Å²) in [6, 6.07) is 0. The Morgan fingerprint density at radius 3 is 0.717 bits per heavy atom. The van der Waals surface area contributed by atoms with Crippen molar-refractivity contribution in [1.82, 2.24) is 0 Å². The third-order valence-electron chi connectivity index (χ3n) is 30.1. The summed E-state index contributed by atoms with van der Waals surface area (Å²) in [7, 11) is 0. The third-order valence-corrected chi connectivity index (χ3v) is 30.1. The minimum absolute atomic E-state index is 0.0752. The Labute approximate surface area is 571 Å². The summed E-state index contributed by atoms with van der Waals surface area (Å²) in [4.78, 5) is 0. The number of aliphatic hydroxyl groups excluding tert-OH is 2. The van der Waals surface area contributed by atoms with Crippen LogP contribution in [0.4, 0.5) is 0 Å². The summed E-state index contributed by atoms with van der Waals surface area (Å²) in [6.07, 6.45) is 62.1. The second-order valence-electron chi connectivity index (χ2n) is 37.0. The minimum atomic E-state index is -0.171. The topological polar surface area (TPSA) is 77.4 Å². The molecule has 92 heavy (non-hydrogen) atoms. The highest BCUT2D eigenvalue weighted by Gasteiger charge is 2.41. The van der Waals surface area contributed by atoms with Gasteiger partial charge in [0.2, 0.25) is 0 Å². The zero-order valence-corrected chi connectivity index (χ0v) is 62.3. The first-order valence-corrected chi connectivity index (χ1v) is 42.4. The van der Waals surface area contributed by atoms with Crippen LogP contribution >= 0.6 is 0 Å². The van der Waals surface area contributed by atoms with E-state index in [1.807, 2.05) is 0 Å². The van der Waals surface area contributed by atoms with Crippen LogP contribution in [0.1, 0.15) is 338 Å². The number of hydrogen-bond acceptors (Lipinski definition) is 6. The molecule has 6 nitrogen and oxygen atoms in total. The molecule has 1 heterocycles. The molecule has 9 aliphatic rings. The molecule has 8 saturated carbocycles. The maximum Gasteiger partial charge on any atom is 0.104 e. The molecule has 536 valence electrons. The Morgan fingerprint density at radius 1 is 0.228 bits per heavy atom. The summed E-state index contributed by atoms with van der Waals surface area (Å²) in [6.45, 7) is 25.1. The summed E-state index contributed by atoms with van der Waals surface area (Å²) >= 11 is 0. The van der Waals surface area contributed by atoms with Gasteiger partial charge in [0.15, 0.2) is 0 Å². The Balaban J connectivity index is 0.663. The first-order chi connectivity index (χ1) is 44.7. The summed E-state index contributed by atoms with van der Waals surface area (Å²) < 4.78 is 25.1. The summed E-state index contributed by atoms with van der Waals surface area (Å²) in [5.74, 6) is 21.8. The quantitative estimate of drug-likeness (QED) is 0.287. The van der Waals surface area contributed by atoms with E-state index in [2.05, 4.69) is 55.4 Å². The van der Waals surface area contributed by atoms with Gasteiger partial charge in [-0.25, -0.2) is 0 Å². The van der Waals surface area contributed by atoms with Gasteiger partial charge in [-0.3, -0.25) is 0 Å². The van der Waals surface area contributed by atoms with Gasteiger partial charge in [0.1, 0.15) is 12.2 Å². The molecule has 9 rings (SSSR count). The second kappa shape index (κ2) is 40.9. The molecule has 26 atom stereocenters. The SMILES string of the molecule is CC1CCCC(C)C2CCC(C2)C2CCC(CCOCC(CO)OCCC3CCC(C3)C3CCC(C3)C(C)CCCC(C)CCC(C)CCCC(C)C3CCC(C3)C3CCC(CCOCC(CO)OCCC4CCC(C4)C4CCC(C4)C(C)CCCC(C)CC1)C3)C2. The zero-order chi connectivity index (χ0) is 64.6. The molecular formula is C86H156O6. The molecule has 0 radical (unpaired) electrons. The predicted molar refractivity (Wildman–Crippen MR) is 388 cm³/mol. The van der Waals surface area contributed by atoms with Crippen LogP contribution in [0.15, 0.2) is 0 Å². The molecule has 0 amide bonds. The molecule has 8 aliphatic carbocycles. The van der Waals surface area contributed by atoms with Gasteiger partial charge in [0, 0.05) is 26.4 Å². The van der Waals surface area contributed by atoms with Crippen molar-refractivity contribution < 1.29 is 29.2 Å². The summed E-state index contributed by atoms with van der Waals surface area (Å²) in [5.41, 5.74) is 0. The average Bonchev–Trinajstić information content (AvgIpc) is 1.98. The standard InChI is InChI=1S/C86H156O6/c1-61-13-9-17-65(5)73-33-37-81(53-73)77-29-25-69(49-77)41-45-89-59-85(57-87)92-48-44-72-28-32-80(52-72)84-40-36-76(56-84)68(8)20-12-16-64(4)24-22-62(2)14-10-18-66(6)74-34-38-82(54-74)78-30-26-70(50-78)42-46-90-60-86(58-88)91-47-43-71-27-31-79(51-71)83-39-35-75(55-83)67(7)19-11-15-63(3)23-21-61/h61-88H,9-60H2,1-8H3. The van der Waals surface area contributed by atoms with Crippen LogP contribution in [0.3, 0.4) is 0 Å². The van der Waals surface area contributed by atoms with Gasteiger partial charge in [0.05, 0.1) is 26.4 Å². The number of aliphatic hydroxyl groups is 2. The first kappa shape index (κ1) is 76.0. The van der Waals surface area contributed by atoms with Gasteiger partial charge in [-0.1, -0.05) is 184 Å². The molecule has 16 bridgehead atoms. The molecule has 0 spiro atoms. The van der Waals surface area contributed by atoms with E-state index >= 15 is 0 Å². The van der Waals surface area contributed by atoms with E-state index < -0.39 is 0 Å². The lowest BCUT2D eigenvalue weighted by molar-refractivity contribution is -0.0473. The van der Waals surface area contributed by atoms with Gasteiger partial charge in [-0.05, 0) is 296 Å². The maximum atomic E-state index is 10.2. The van der Waals surface area contributed by atoms with E-state index in [1.54, 1.807) is 0 Å². The normalized spacial score (nSPS) is 45.2. The molecule has 9 fully saturated rings. The van der Waals surface area contributed by atoms with Gasteiger partial charge in [-0.15, -0.1) is 0 Å². The molecule has 26 unspecified atom stereocenters. The molecule has 2 N–H and O–H groups in total. The molecule has 0 aromatic carbocycles. The highest BCUT2D eigenvalue weighted by molar-refractivity contribution is 4.92. The van der Waals surface area contributed by atoms with Crippen molar-refractivity contribution in [3.8, 4) is 0 Å². The predicted octanol–water partition coefficient (Wildman–Crippen LogP) is 23.0. The highest BCUT2D eigenvalue weighted by Crippen LogP contribution is 2.52. The molecule has 0 aromatic heterocycles. The third kappa shape index (κ3) is 25.1. The van der Waals surface area contributed by atoms with E-state index in [0.717, 1.165) is 181 Å². The van der Waals surface area contributed by atoms with Crippen LogP contribution in [0, 0.1) is 142 Å². The molecule has 1 saturated heterocycles. The number of ether oxygens (including phenoxy) is 4. The van der Waals surface area contributed by atoms with Crippen molar-refractivity contribution in [2.24, 2.45) is 142 Å². The van der Waals surface area contributed by atoms with E-state index in [0.29, 0.717) is 13.2 Å². The van der Waals surface area contributed by atoms with Crippen molar-refractivity contribution in [3.63, 3.8) is 0 Å². The fourth-order valence-corrected chi connectivity index (χ4v) is 23.1. The first-order valence-electron chi connectivity index (χ1n) is 42.4. The van der Waals surface area contributed by atoms with Crippen LogP contribution in [0.25, 0.3) is 0 Å². The van der Waals surface area contributed by atoms with Crippen molar-refractivity contribution >= 4 is 0 Å². The fourth-order valence-electron chi connectivity index (χ4n) is 23.1. The van der Waals surface area contributed by atoms with Crippen LogP contribution < -0.4 is 0 Å². The molecule has 1 aliphatic heterocycles. The van der Waals surface area contributed by atoms with Crippen molar-refractivity contribution in [3.05, 3.63) is 0 Å². The average molecular weight is 1290 g/mol. The Kier molecular flexibility index (Phi) is 33.7. The lowest BCUT2D eigenvalue weighted by Crippen LogP contribution is -2.25. The second-order valence-corrected chi connectivity index (χ2v) is 37.0. The van der Waals surface area contributed by atoms with E-state index in [4.69, 9.17) is 18.9 Å². The molecule has 0 aromatic rings. The van der Waals surface area contributed by atoms with Gasteiger partial charge < -0.3 is 29.2 Å². The maximum absolute atomic E-state index is 10.2. The van der Waals surface area contributed by atoms with E-state index in [-0.39, 0.29) is 25.4 Å². The lowest BCUT2D eigenvalue weighted by atomic mass is 9.82. The molecule has 6 heteroatoms. The summed E-state index contributed by atoms with van der Waals surface area (Å²) in [5, 5.41) is 20.5. The van der Waals surface area contributed by atoms with Crippen molar-refractivity contribution in [1.29, 1.82) is 0 Å². The van der Waals surface area contributed by atoms with E-state index in [1.165, 1.54) is 270 Å². The van der Waals surface area contributed by atoms with Crippen LogP contribution in [0.5, 0.6) is 0 Å². The minimum Gasteiger partial charge on any atom is -0.394 e. The number of rotatable bonds is 2. The smallest absolute Gasteiger partial charge is 0.104 e. The Bertz CT molecular complexity index is 1790. The van der Waals surface area contributed by atoms with Gasteiger partial charge in [0.25, 0.3) is 0 Å². The monoisotopic (exact) mass is 1290 g/mol. The van der Waals surface area contributed by atoms with Gasteiger partial charge >= 0.3 is 0 Å². The fraction of sp³-hybridized carbons (Fsp3) is 1.00. The highest BCUT2D eigenvalue weighted by atomic mass is 16.5. The van der Waals surface area contributed by atoms with E-state index in [9.17, 15) is 10.2 Å². The Hall–Kier alpha value is -0.240. The zero-order valence-electron chi connectivity index (χ0n) is 62.3. The van der Waals surface area contributed by atoms with Crippen molar-refractivity contribution in [2.45, 2.75) is 350 Å². The number of fused-ring (bicyclic) bond motifs is 20. The largest absolute Gasteiger partial charge is 0.394 e. The molecular weight excluding hydrogens is 1130 g/mol. The van der Waals surface area contributed by atoms with Crippen LogP contribution in [0.2, 0.25) is 0 Å². The Morgan fingerprint density at radius 2 is 0.457 bits per heavy atom.